The zero-order valence-electron chi connectivity index (χ0n) is 22.4. The van der Waals surface area contributed by atoms with Crippen LogP contribution in [0.5, 0.6) is 17.4 Å². The lowest BCUT2D eigenvalue weighted by Gasteiger charge is -2.52. The molecule has 2 aliphatic rings. The smallest absolute Gasteiger partial charge is 0.261 e. The molecule has 212 valence electrons. The first-order valence-electron chi connectivity index (χ1n) is 12.7. The molecule has 2 aliphatic heterocycles. The minimum atomic E-state index is -0.577. The van der Waals surface area contributed by atoms with Crippen molar-refractivity contribution in [3.63, 3.8) is 0 Å². The minimum Gasteiger partial charge on any atom is -0.496 e. The maximum absolute atomic E-state index is 13.9. The third kappa shape index (κ3) is 4.87. The highest BCUT2D eigenvalue weighted by Crippen LogP contribution is 2.42. The van der Waals surface area contributed by atoms with E-state index in [1.807, 2.05) is 6.07 Å². The first kappa shape index (κ1) is 26.7. The molecule has 2 amide bonds. The van der Waals surface area contributed by atoms with Crippen molar-refractivity contribution in [3.05, 3.63) is 59.5 Å². The summed E-state index contributed by atoms with van der Waals surface area (Å²) in [5, 5.41) is 6.34. The number of aromatic nitrogens is 2. The van der Waals surface area contributed by atoms with Crippen molar-refractivity contribution >= 4 is 49.9 Å². The van der Waals surface area contributed by atoms with E-state index in [4.69, 9.17) is 23.9 Å². The number of hydrogen-bond donors (Lipinski definition) is 2. The number of morpholine rings is 1. The van der Waals surface area contributed by atoms with Crippen LogP contribution in [0.3, 0.4) is 0 Å². The fraction of sp³-hybridized carbons (Fsp3) is 0.286. The van der Waals surface area contributed by atoms with Crippen molar-refractivity contribution in [2.75, 3.05) is 50.1 Å². The summed E-state index contributed by atoms with van der Waals surface area (Å²) in [6.07, 6.45) is 2.40. The molecule has 0 saturated carbocycles. The van der Waals surface area contributed by atoms with E-state index in [0.29, 0.717) is 40.4 Å². The average Bonchev–Trinajstić information content (AvgIpc) is 3.40. The predicted octanol–water partition coefficient (Wildman–Crippen LogP) is 4.34. The number of carbonyl (C=O) groups is 2. The number of nitrogens with zero attached hydrogens (tertiary/aromatic N) is 3. The van der Waals surface area contributed by atoms with Crippen LogP contribution in [-0.2, 0) is 4.74 Å². The molecule has 2 unspecified atom stereocenters. The zero-order chi connectivity index (χ0) is 28.7. The highest BCUT2D eigenvalue weighted by molar-refractivity contribution is 7.22. The maximum Gasteiger partial charge on any atom is 0.261 e. The molecule has 4 heterocycles. The second kappa shape index (κ2) is 10.8. The van der Waals surface area contributed by atoms with Crippen molar-refractivity contribution in [2.24, 2.45) is 0 Å². The van der Waals surface area contributed by atoms with Gasteiger partial charge in [-0.2, -0.15) is 0 Å². The number of rotatable bonds is 8. The number of fused-ring (bicyclic) bond motifs is 3. The van der Waals surface area contributed by atoms with E-state index in [2.05, 4.69) is 20.5 Å². The lowest BCUT2D eigenvalue weighted by molar-refractivity contribution is 0.0103. The van der Waals surface area contributed by atoms with E-state index < -0.39 is 17.6 Å². The quantitative estimate of drug-likeness (QED) is 0.314. The normalized spacial score (nSPS) is 17.5. The van der Waals surface area contributed by atoms with Crippen LogP contribution in [0, 0.1) is 5.82 Å². The van der Waals surface area contributed by atoms with Gasteiger partial charge in [0.2, 0.25) is 5.88 Å². The number of pyridine rings is 1. The number of methoxy groups -OCH3 is 3. The highest BCUT2D eigenvalue weighted by Gasteiger charge is 2.44. The second-order valence-electron chi connectivity index (χ2n) is 9.51. The molecule has 41 heavy (non-hydrogen) atoms. The molecular weight excluding hydrogens is 553 g/mol. The van der Waals surface area contributed by atoms with Crippen LogP contribution in [0.4, 0.5) is 20.9 Å². The summed E-state index contributed by atoms with van der Waals surface area (Å²) >= 11 is 1.42. The Hall–Kier alpha value is -4.49. The maximum atomic E-state index is 13.9. The molecule has 2 aromatic heterocycles. The summed E-state index contributed by atoms with van der Waals surface area (Å²) in [6, 6.07) is 9.42. The Morgan fingerprint density at radius 1 is 1.00 bits per heavy atom. The molecule has 2 fully saturated rings. The average molecular weight is 580 g/mol. The number of ether oxygens (including phenoxy) is 4. The third-order valence-electron chi connectivity index (χ3n) is 7.12. The SMILES string of the molecule is COc1cc(C(=O)Nc2ccc(F)c(OC)c2)c(NC(=O)c2c(OC)ccc3nc(N4C5COCC4C5)sc23)cn1. The van der Waals surface area contributed by atoms with E-state index in [9.17, 15) is 14.0 Å². The molecule has 2 atom stereocenters. The molecule has 0 aliphatic carbocycles. The molecule has 0 spiro atoms. The van der Waals surface area contributed by atoms with Crippen LogP contribution in [-0.4, -0.2) is 68.4 Å². The molecule has 11 nitrogen and oxygen atoms in total. The number of anilines is 3. The molecule has 6 rings (SSSR count). The van der Waals surface area contributed by atoms with E-state index in [1.54, 1.807) is 6.07 Å². The van der Waals surface area contributed by atoms with E-state index >= 15 is 0 Å². The first-order chi connectivity index (χ1) is 19.9. The number of halogens is 1. The number of amides is 2. The molecule has 2 bridgehead atoms. The Morgan fingerprint density at radius 2 is 1.78 bits per heavy atom. The van der Waals surface area contributed by atoms with Gasteiger partial charge in [0.25, 0.3) is 11.8 Å². The molecule has 2 aromatic carbocycles. The zero-order valence-corrected chi connectivity index (χ0v) is 23.2. The number of hydrogen-bond acceptors (Lipinski definition) is 10. The van der Waals surface area contributed by atoms with Crippen LogP contribution in [0.1, 0.15) is 27.1 Å². The monoisotopic (exact) mass is 579 g/mol. The Kier molecular flexibility index (Phi) is 7.05. The van der Waals surface area contributed by atoms with Gasteiger partial charge in [0.15, 0.2) is 16.7 Å². The van der Waals surface area contributed by atoms with Gasteiger partial charge in [-0.1, -0.05) is 11.3 Å². The van der Waals surface area contributed by atoms with Crippen molar-refractivity contribution in [1.29, 1.82) is 0 Å². The Balaban J connectivity index is 1.32. The van der Waals surface area contributed by atoms with E-state index in [-0.39, 0.29) is 35.0 Å². The number of carbonyl (C=O) groups excluding carboxylic acids is 2. The van der Waals surface area contributed by atoms with Crippen LogP contribution in [0.15, 0.2) is 42.6 Å². The fourth-order valence-electron chi connectivity index (χ4n) is 5.06. The van der Waals surface area contributed by atoms with Crippen molar-refractivity contribution in [3.8, 4) is 17.4 Å². The first-order valence-corrected chi connectivity index (χ1v) is 13.6. The number of benzene rings is 2. The Bertz CT molecular complexity index is 1650. The van der Waals surface area contributed by atoms with Gasteiger partial charge in [-0.15, -0.1) is 0 Å². The summed E-state index contributed by atoms with van der Waals surface area (Å²) in [5.41, 5.74) is 1.48. The van der Waals surface area contributed by atoms with Crippen molar-refractivity contribution in [2.45, 2.75) is 18.5 Å². The molecule has 0 radical (unpaired) electrons. The molecule has 4 aromatic rings. The van der Waals surface area contributed by atoms with Crippen LogP contribution < -0.4 is 29.7 Å². The van der Waals surface area contributed by atoms with Gasteiger partial charge in [-0.05, 0) is 30.7 Å². The van der Waals surface area contributed by atoms with Crippen molar-refractivity contribution in [1.82, 2.24) is 9.97 Å². The van der Waals surface area contributed by atoms with Gasteiger partial charge < -0.3 is 34.5 Å². The van der Waals surface area contributed by atoms with Gasteiger partial charge in [0.1, 0.15) is 11.3 Å². The summed E-state index contributed by atoms with van der Waals surface area (Å²) < 4.78 is 35.9. The lowest BCUT2D eigenvalue weighted by atomic mass is 9.92. The van der Waals surface area contributed by atoms with Crippen LogP contribution >= 0.6 is 11.3 Å². The van der Waals surface area contributed by atoms with Gasteiger partial charge >= 0.3 is 0 Å². The number of thiazole rings is 1. The largest absolute Gasteiger partial charge is 0.496 e. The van der Waals surface area contributed by atoms with Gasteiger partial charge in [-0.3, -0.25) is 9.59 Å². The van der Waals surface area contributed by atoms with Gasteiger partial charge in [0, 0.05) is 17.8 Å². The second-order valence-corrected chi connectivity index (χ2v) is 10.5. The van der Waals surface area contributed by atoms with Crippen LogP contribution in [0.25, 0.3) is 10.2 Å². The predicted molar refractivity (Wildman–Crippen MR) is 151 cm³/mol. The molecule has 2 N–H and O–H groups in total. The molecule has 13 heteroatoms. The Labute approximate surface area is 238 Å². The van der Waals surface area contributed by atoms with Gasteiger partial charge in [-0.25, -0.2) is 14.4 Å². The fourth-order valence-corrected chi connectivity index (χ4v) is 6.31. The number of nitrogens with one attached hydrogen (secondary N) is 2. The third-order valence-corrected chi connectivity index (χ3v) is 8.22. The van der Waals surface area contributed by atoms with E-state index in [0.717, 1.165) is 11.6 Å². The summed E-state index contributed by atoms with van der Waals surface area (Å²) in [5.74, 6) is -1.14. The molecule has 2 saturated heterocycles. The topological polar surface area (TPSA) is 124 Å². The summed E-state index contributed by atoms with van der Waals surface area (Å²) in [6.45, 7) is 1.31. The summed E-state index contributed by atoms with van der Waals surface area (Å²) in [4.78, 5) is 38.3. The summed E-state index contributed by atoms with van der Waals surface area (Å²) in [7, 11) is 4.23. The molecular formula is C28H26FN5O6S. The standard InChI is InChI=1S/C28H26FN5O6S/c1-37-21-7-6-19-25(41-28(33-19)34-15-9-16(34)13-40-12-15)24(21)27(36)32-20-11-30-23(39-3)10-17(20)26(35)31-14-4-5-18(29)22(8-14)38-2/h4-8,10-11,15-16H,9,12-13H2,1-3H3,(H,31,35)(H,32,36). The van der Waals surface area contributed by atoms with Gasteiger partial charge in [0.05, 0.1) is 74.3 Å². The highest BCUT2D eigenvalue weighted by atomic mass is 32.1. The lowest BCUT2D eigenvalue weighted by Crippen LogP contribution is -2.64. The van der Waals surface area contributed by atoms with Crippen LogP contribution in [0.2, 0.25) is 0 Å². The van der Waals surface area contributed by atoms with E-state index in [1.165, 1.54) is 63.1 Å². The minimum absolute atomic E-state index is 0.0258. The Morgan fingerprint density at radius 3 is 2.49 bits per heavy atom. The van der Waals surface area contributed by atoms with Crippen molar-refractivity contribution < 1.29 is 32.9 Å².